The van der Waals surface area contributed by atoms with Gasteiger partial charge in [0.15, 0.2) is 0 Å². The van der Waals surface area contributed by atoms with E-state index in [0.29, 0.717) is 0 Å². The molecule has 0 saturated heterocycles. The molecule has 0 amide bonds. The summed E-state index contributed by atoms with van der Waals surface area (Å²) in [6.07, 6.45) is 0. The third-order valence-corrected chi connectivity index (χ3v) is 1.11. The Labute approximate surface area is 111 Å². The zero-order chi connectivity index (χ0) is 12.5. The minimum atomic E-state index is -0.250. The fourth-order valence-electron chi connectivity index (χ4n) is 0.642. The van der Waals surface area contributed by atoms with Crippen molar-refractivity contribution in [2.45, 2.75) is 0 Å². The second-order valence-corrected chi connectivity index (χ2v) is 2.14. The van der Waals surface area contributed by atoms with Crippen molar-refractivity contribution < 1.29 is 36.9 Å². The summed E-state index contributed by atoms with van der Waals surface area (Å²) >= 11 is 0. The molecule has 17 heavy (non-hydrogen) atoms. The SMILES string of the molecule is O=CO.O=CO.[Fe+2].c1cc[cH-]c1.c1cc[cH-]c1. The Morgan fingerprint density at radius 3 is 0.941 bits per heavy atom. The van der Waals surface area contributed by atoms with Crippen LogP contribution in [0.3, 0.4) is 0 Å². The molecule has 2 aromatic rings. The third kappa shape index (κ3) is 31.4. The molecule has 5 heteroatoms. The smallest absolute Gasteiger partial charge is 0.483 e. The van der Waals surface area contributed by atoms with Crippen molar-refractivity contribution in [2.75, 3.05) is 0 Å². The van der Waals surface area contributed by atoms with Gasteiger partial charge < -0.3 is 10.2 Å². The molecule has 0 radical (unpaired) electrons. The number of carboxylic acid groups (broad SMARTS) is 2. The number of hydrogen-bond acceptors (Lipinski definition) is 2. The van der Waals surface area contributed by atoms with Gasteiger partial charge >= 0.3 is 17.1 Å². The van der Waals surface area contributed by atoms with Gasteiger partial charge in [-0.3, -0.25) is 9.59 Å². The van der Waals surface area contributed by atoms with Crippen LogP contribution in [0.25, 0.3) is 0 Å². The molecule has 4 nitrogen and oxygen atoms in total. The zero-order valence-electron chi connectivity index (χ0n) is 8.99. The molecule has 0 unspecified atom stereocenters. The molecule has 0 bridgehead atoms. The number of rotatable bonds is 0. The molecule has 0 aliphatic rings. The molecule has 94 valence electrons. The molecule has 2 N–H and O–H groups in total. The number of hydrogen-bond donors (Lipinski definition) is 2. The Morgan fingerprint density at radius 2 is 0.882 bits per heavy atom. The van der Waals surface area contributed by atoms with Gasteiger partial charge in [-0.1, -0.05) is 0 Å². The molecule has 0 atom stereocenters. The summed E-state index contributed by atoms with van der Waals surface area (Å²) in [5.41, 5.74) is 0. The first-order valence-corrected chi connectivity index (χ1v) is 4.32. The van der Waals surface area contributed by atoms with Crippen LogP contribution in [0.15, 0.2) is 60.7 Å². The van der Waals surface area contributed by atoms with Gasteiger partial charge in [0.05, 0.1) is 0 Å². The van der Waals surface area contributed by atoms with E-state index in [2.05, 4.69) is 0 Å². The largest absolute Gasteiger partial charge is 2.00 e. The number of carbonyl (C=O) groups is 2. The van der Waals surface area contributed by atoms with Gasteiger partial charge in [0.2, 0.25) is 0 Å². The van der Waals surface area contributed by atoms with Crippen LogP contribution >= 0.6 is 0 Å². The van der Waals surface area contributed by atoms with E-state index in [1.165, 1.54) is 0 Å². The fourth-order valence-corrected chi connectivity index (χ4v) is 0.642. The Morgan fingerprint density at radius 1 is 0.706 bits per heavy atom. The maximum absolute atomic E-state index is 8.36. The predicted molar refractivity (Wildman–Crippen MR) is 61.5 cm³/mol. The second kappa shape index (κ2) is 23.8. The summed E-state index contributed by atoms with van der Waals surface area (Å²) in [6.45, 7) is -0.500. The molecule has 0 aliphatic carbocycles. The Hall–Kier alpha value is -1.84. The zero-order valence-corrected chi connectivity index (χ0v) is 10.1. The van der Waals surface area contributed by atoms with Crippen LogP contribution in [-0.4, -0.2) is 23.2 Å². The summed E-state index contributed by atoms with van der Waals surface area (Å²) in [4.78, 5) is 16.7. The van der Waals surface area contributed by atoms with Gasteiger partial charge in [-0.05, 0) is 0 Å². The molecule has 0 fully saturated rings. The quantitative estimate of drug-likeness (QED) is 0.440. The van der Waals surface area contributed by atoms with Gasteiger partial charge in [-0.2, -0.15) is 36.4 Å². The van der Waals surface area contributed by atoms with Crippen LogP contribution in [0.4, 0.5) is 0 Å². The van der Waals surface area contributed by atoms with E-state index >= 15 is 0 Å². The van der Waals surface area contributed by atoms with Crippen LogP contribution in [0, 0.1) is 0 Å². The minimum absolute atomic E-state index is 0. The molecule has 2 aromatic carbocycles. The summed E-state index contributed by atoms with van der Waals surface area (Å²) < 4.78 is 0. The van der Waals surface area contributed by atoms with Crippen molar-refractivity contribution in [3.8, 4) is 0 Å². The molecular weight excluding hydrogens is 264 g/mol. The molecule has 0 spiro atoms. The molecule has 0 heterocycles. The summed E-state index contributed by atoms with van der Waals surface area (Å²) in [7, 11) is 0. The van der Waals surface area contributed by atoms with E-state index in [4.69, 9.17) is 19.8 Å². The minimum Gasteiger partial charge on any atom is -0.483 e. The van der Waals surface area contributed by atoms with Gasteiger partial charge in [0, 0.05) is 0 Å². The predicted octanol–water partition coefficient (Wildman–Crippen LogP) is 2.21. The first kappa shape index (κ1) is 20.6. The standard InChI is InChI=1S/2C5H5.2CH2O2.Fe/c2*1-2-4-5-3-1;2*2-1-3;/h2*1-5H;2*1H,(H,2,3);/q2*-1;;;+2. The first-order valence-electron chi connectivity index (χ1n) is 4.32. The molecule has 0 aliphatic heterocycles. The van der Waals surface area contributed by atoms with Gasteiger partial charge in [0.25, 0.3) is 12.9 Å². The van der Waals surface area contributed by atoms with E-state index in [1.807, 2.05) is 60.7 Å². The monoisotopic (exact) mass is 278 g/mol. The van der Waals surface area contributed by atoms with Crippen molar-refractivity contribution in [1.29, 1.82) is 0 Å². The average molecular weight is 278 g/mol. The maximum Gasteiger partial charge on any atom is 2.00 e. The van der Waals surface area contributed by atoms with Crippen molar-refractivity contribution in [3.63, 3.8) is 0 Å². The Kier molecular flexibility index (Phi) is 28.7. The van der Waals surface area contributed by atoms with Crippen LogP contribution in [0.5, 0.6) is 0 Å². The normalized spacial score (nSPS) is 6.12. The van der Waals surface area contributed by atoms with Gasteiger partial charge in [-0.15, -0.1) is 0 Å². The van der Waals surface area contributed by atoms with E-state index < -0.39 is 0 Å². The topological polar surface area (TPSA) is 74.6 Å². The fraction of sp³-hybridized carbons (Fsp3) is 0. The Balaban J connectivity index is -0.000000157. The van der Waals surface area contributed by atoms with E-state index in [-0.39, 0.29) is 30.0 Å². The van der Waals surface area contributed by atoms with Crippen molar-refractivity contribution >= 4 is 12.9 Å². The maximum atomic E-state index is 8.36. The van der Waals surface area contributed by atoms with Crippen LogP contribution < -0.4 is 0 Å². The van der Waals surface area contributed by atoms with Gasteiger partial charge in [-0.25, -0.2) is 24.3 Å². The molecule has 2 rings (SSSR count). The van der Waals surface area contributed by atoms with Crippen LogP contribution in [0.1, 0.15) is 0 Å². The van der Waals surface area contributed by atoms with Crippen LogP contribution in [0.2, 0.25) is 0 Å². The van der Waals surface area contributed by atoms with Crippen molar-refractivity contribution in [2.24, 2.45) is 0 Å². The van der Waals surface area contributed by atoms with E-state index in [1.54, 1.807) is 0 Å². The third-order valence-electron chi connectivity index (χ3n) is 1.11. The Bertz CT molecular complexity index is 223. The summed E-state index contributed by atoms with van der Waals surface area (Å²) in [5.74, 6) is 0. The molecule has 0 aromatic heterocycles. The van der Waals surface area contributed by atoms with Crippen molar-refractivity contribution in [1.82, 2.24) is 0 Å². The van der Waals surface area contributed by atoms with Crippen LogP contribution in [-0.2, 0) is 26.7 Å². The second-order valence-electron chi connectivity index (χ2n) is 2.14. The average Bonchev–Trinajstić information content (AvgIpc) is 3.00. The first-order chi connectivity index (χ1) is 7.83. The van der Waals surface area contributed by atoms with E-state index in [9.17, 15) is 0 Å². The van der Waals surface area contributed by atoms with Gasteiger partial charge in [0.1, 0.15) is 0 Å². The summed E-state index contributed by atoms with van der Waals surface area (Å²) in [6, 6.07) is 20.0. The molecule has 0 saturated carbocycles. The van der Waals surface area contributed by atoms with E-state index in [0.717, 1.165) is 0 Å². The van der Waals surface area contributed by atoms with Crippen molar-refractivity contribution in [3.05, 3.63) is 60.7 Å². The summed E-state index contributed by atoms with van der Waals surface area (Å²) in [5, 5.41) is 13.8. The molecular formula is C12H14FeO4.